The Morgan fingerprint density at radius 1 is 1.48 bits per heavy atom. The highest BCUT2D eigenvalue weighted by atomic mass is 32.2. The number of hydrogen-bond acceptors (Lipinski definition) is 6. The Labute approximate surface area is 127 Å². The largest absolute Gasteiger partial charge is 0.396 e. The molecule has 7 nitrogen and oxygen atoms in total. The lowest BCUT2D eigenvalue weighted by Crippen LogP contribution is -2.31. The molecule has 0 saturated heterocycles. The third-order valence-corrected chi connectivity index (χ3v) is 3.66. The highest BCUT2D eigenvalue weighted by Crippen LogP contribution is 2.00. The number of nitrogens with zero attached hydrogens (tertiary/aromatic N) is 2. The van der Waals surface area contributed by atoms with Crippen molar-refractivity contribution < 1.29 is 14.6 Å². The highest BCUT2D eigenvalue weighted by molar-refractivity contribution is 7.99. The number of carbonyl (C=O) groups excluding carboxylic acids is 1. The number of thioether (sulfide) groups is 1. The second kappa shape index (κ2) is 10.4. The summed E-state index contributed by atoms with van der Waals surface area (Å²) in [7, 11) is 1.54. The number of aliphatic hydroxyl groups excluding tert-OH is 1. The maximum Gasteiger partial charge on any atom is 0.271 e. The molecular formula is C13H21N3O4S. The summed E-state index contributed by atoms with van der Waals surface area (Å²) in [4.78, 5) is 23.5. The van der Waals surface area contributed by atoms with Crippen LogP contribution < -0.4 is 10.9 Å². The zero-order valence-corrected chi connectivity index (χ0v) is 12.9. The molecular weight excluding hydrogens is 294 g/mol. The maximum absolute atomic E-state index is 11.9. The Balaban J connectivity index is 2.44. The molecule has 0 unspecified atom stereocenters. The Morgan fingerprint density at radius 3 is 3.00 bits per heavy atom. The Hall–Kier alpha value is -1.38. The number of hydrogen-bond donors (Lipinski definition) is 2. The van der Waals surface area contributed by atoms with Gasteiger partial charge in [0.2, 0.25) is 0 Å². The molecule has 0 aromatic carbocycles. The molecule has 118 valence electrons. The minimum atomic E-state index is -0.302. The van der Waals surface area contributed by atoms with E-state index < -0.39 is 0 Å². The van der Waals surface area contributed by atoms with Crippen LogP contribution in [-0.2, 0) is 11.3 Å². The first-order valence-electron chi connectivity index (χ1n) is 6.73. The van der Waals surface area contributed by atoms with Crippen LogP contribution in [0.3, 0.4) is 0 Å². The second-order valence-corrected chi connectivity index (χ2v) is 5.44. The SMILES string of the molecule is COCCn1nc(C(=O)NCCSCCCO)ccc1=O. The zero-order valence-electron chi connectivity index (χ0n) is 12.1. The molecule has 1 heterocycles. The van der Waals surface area contributed by atoms with E-state index in [1.165, 1.54) is 23.9 Å². The van der Waals surface area contributed by atoms with E-state index in [2.05, 4.69) is 10.4 Å². The van der Waals surface area contributed by atoms with Crippen LogP contribution in [0.15, 0.2) is 16.9 Å². The molecule has 0 aliphatic heterocycles. The quantitative estimate of drug-likeness (QED) is 0.578. The number of nitrogens with one attached hydrogen (secondary N) is 1. The molecule has 1 aromatic rings. The van der Waals surface area contributed by atoms with Crippen LogP contribution in [0.4, 0.5) is 0 Å². The van der Waals surface area contributed by atoms with Crippen LogP contribution in [0.25, 0.3) is 0 Å². The summed E-state index contributed by atoms with van der Waals surface area (Å²) in [6.45, 7) is 1.38. The van der Waals surface area contributed by atoms with E-state index in [0.717, 1.165) is 17.9 Å². The molecule has 0 atom stereocenters. The molecule has 1 rings (SSSR count). The molecule has 0 aliphatic rings. The average Bonchev–Trinajstić information content (AvgIpc) is 2.49. The molecule has 1 aromatic heterocycles. The van der Waals surface area contributed by atoms with E-state index >= 15 is 0 Å². The van der Waals surface area contributed by atoms with Crippen molar-refractivity contribution in [3.05, 3.63) is 28.2 Å². The molecule has 2 N–H and O–H groups in total. The molecule has 0 spiro atoms. The zero-order chi connectivity index (χ0) is 15.5. The first-order chi connectivity index (χ1) is 10.2. The van der Waals surface area contributed by atoms with Crippen molar-refractivity contribution in [2.45, 2.75) is 13.0 Å². The Bertz CT molecular complexity index is 493. The fourth-order valence-corrected chi connectivity index (χ4v) is 2.29. The fraction of sp³-hybridized carbons (Fsp3) is 0.615. The lowest BCUT2D eigenvalue weighted by atomic mass is 10.3. The molecule has 0 aliphatic carbocycles. The number of carbonyl (C=O) groups is 1. The third kappa shape index (κ3) is 6.74. The standard InChI is InChI=1S/C13H21N3O4S/c1-20-8-6-16-12(18)4-3-11(15-16)13(19)14-5-10-21-9-2-7-17/h3-4,17H,2,5-10H2,1H3,(H,14,19). The smallest absolute Gasteiger partial charge is 0.271 e. The summed E-state index contributed by atoms with van der Waals surface area (Å²) < 4.78 is 6.11. The summed E-state index contributed by atoms with van der Waals surface area (Å²) in [5, 5.41) is 15.4. The van der Waals surface area contributed by atoms with Gasteiger partial charge in [-0.05, 0) is 18.2 Å². The van der Waals surface area contributed by atoms with Gasteiger partial charge in [0, 0.05) is 32.1 Å². The van der Waals surface area contributed by atoms with Crippen molar-refractivity contribution in [3.63, 3.8) is 0 Å². The van der Waals surface area contributed by atoms with E-state index in [4.69, 9.17) is 9.84 Å². The molecule has 0 saturated carbocycles. The third-order valence-electron chi connectivity index (χ3n) is 2.59. The van der Waals surface area contributed by atoms with Gasteiger partial charge in [-0.2, -0.15) is 16.9 Å². The molecule has 0 radical (unpaired) electrons. The van der Waals surface area contributed by atoms with E-state index in [0.29, 0.717) is 19.7 Å². The number of rotatable bonds is 10. The summed E-state index contributed by atoms with van der Waals surface area (Å²) >= 11 is 1.66. The monoisotopic (exact) mass is 315 g/mol. The topological polar surface area (TPSA) is 93.5 Å². The predicted octanol–water partition coefficient (Wildman–Crippen LogP) is -0.265. The van der Waals surface area contributed by atoms with E-state index in [-0.39, 0.29) is 23.8 Å². The summed E-state index contributed by atoms with van der Waals surface area (Å²) in [5.41, 5.74) is -0.0470. The molecule has 0 fully saturated rings. The van der Waals surface area contributed by atoms with Crippen LogP contribution >= 0.6 is 11.8 Å². The summed E-state index contributed by atoms with van der Waals surface area (Å²) in [6.07, 6.45) is 0.755. The number of amides is 1. The number of ether oxygens (including phenoxy) is 1. The Kier molecular flexibility index (Phi) is 8.72. The van der Waals surface area contributed by atoms with E-state index in [1.807, 2.05) is 0 Å². The molecule has 8 heteroatoms. The second-order valence-electron chi connectivity index (χ2n) is 4.22. The Morgan fingerprint density at radius 2 is 2.29 bits per heavy atom. The molecule has 21 heavy (non-hydrogen) atoms. The molecule has 1 amide bonds. The van der Waals surface area contributed by atoms with Crippen molar-refractivity contribution in [1.82, 2.24) is 15.1 Å². The van der Waals surface area contributed by atoms with Crippen molar-refractivity contribution in [3.8, 4) is 0 Å². The van der Waals surface area contributed by atoms with Crippen molar-refractivity contribution in [2.24, 2.45) is 0 Å². The van der Waals surface area contributed by atoms with Gasteiger partial charge in [-0.25, -0.2) is 4.68 Å². The van der Waals surface area contributed by atoms with Gasteiger partial charge >= 0.3 is 0 Å². The lowest BCUT2D eigenvalue weighted by molar-refractivity contribution is 0.0947. The summed E-state index contributed by atoms with van der Waals surface area (Å²) in [6, 6.07) is 2.74. The van der Waals surface area contributed by atoms with Gasteiger partial charge in [-0.3, -0.25) is 9.59 Å². The van der Waals surface area contributed by atoms with E-state index in [1.54, 1.807) is 11.8 Å². The van der Waals surface area contributed by atoms with Crippen molar-refractivity contribution >= 4 is 17.7 Å². The van der Waals surface area contributed by atoms with E-state index in [9.17, 15) is 9.59 Å². The van der Waals surface area contributed by atoms with Gasteiger partial charge in [0.25, 0.3) is 11.5 Å². The number of methoxy groups -OCH3 is 1. The summed E-state index contributed by atoms with van der Waals surface area (Å²) in [5.74, 6) is 1.34. The number of aromatic nitrogens is 2. The van der Waals surface area contributed by atoms with Crippen LogP contribution in [-0.4, -0.2) is 59.2 Å². The first kappa shape index (κ1) is 17.7. The van der Waals surface area contributed by atoms with Gasteiger partial charge in [0.15, 0.2) is 0 Å². The van der Waals surface area contributed by atoms with Crippen molar-refractivity contribution in [2.75, 3.05) is 38.4 Å². The van der Waals surface area contributed by atoms with Crippen LogP contribution in [0.5, 0.6) is 0 Å². The lowest BCUT2D eigenvalue weighted by Gasteiger charge is -2.07. The van der Waals surface area contributed by atoms with Crippen molar-refractivity contribution in [1.29, 1.82) is 0 Å². The van der Waals surface area contributed by atoms with Crippen LogP contribution in [0.2, 0.25) is 0 Å². The van der Waals surface area contributed by atoms with Gasteiger partial charge < -0.3 is 15.2 Å². The minimum absolute atomic E-state index is 0.187. The van der Waals surface area contributed by atoms with Gasteiger partial charge in [0.05, 0.1) is 13.2 Å². The van der Waals surface area contributed by atoms with Gasteiger partial charge in [-0.15, -0.1) is 0 Å². The fourth-order valence-electron chi connectivity index (χ4n) is 1.50. The highest BCUT2D eigenvalue weighted by Gasteiger charge is 2.08. The normalized spacial score (nSPS) is 10.6. The van der Waals surface area contributed by atoms with Gasteiger partial charge in [-0.1, -0.05) is 0 Å². The average molecular weight is 315 g/mol. The number of aliphatic hydroxyl groups is 1. The predicted molar refractivity (Wildman–Crippen MR) is 81.7 cm³/mol. The van der Waals surface area contributed by atoms with Crippen LogP contribution in [0, 0.1) is 0 Å². The first-order valence-corrected chi connectivity index (χ1v) is 7.88. The van der Waals surface area contributed by atoms with Gasteiger partial charge in [0.1, 0.15) is 5.69 Å². The maximum atomic E-state index is 11.9. The van der Waals surface area contributed by atoms with Crippen LogP contribution in [0.1, 0.15) is 16.9 Å². The molecule has 0 bridgehead atoms. The minimum Gasteiger partial charge on any atom is -0.396 e.